The van der Waals surface area contributed by atoms with Crippen molar-refractivity contribution in [3.05, 3.63) is 18.2 Å². The highest BCUT2D eigenvalue weighted by Gasteiger charge is 2.27. The molecule has 1 aromatic heterocycles. The second-order valence-corrected chi connectivity index (χ2v) is 11.1. The number of amides is 1. The molecule has 4 rings (SSSR count). The molecule has 1 atom stereocenters. The molecule has 158 valence electrons. The molecule has 1 N–H and O–H groups in total. The highest BCUT2D eigenvalue weighted by Crippen LogP contribution is 2.30. The molecule has 0 bridgehead atoms. The Morgan fingerprint density at radius 3 is 2.66 bits per heavy atom. The largest absolute Gasteiger partial charge is 0.431 e. The Labute approximate surface area is 175 Å². The molecule has 29 heavy (non-hydrogen) atoms. The number of sulfonamides is 1. The van der Waals surface area contributed by atoms with Gasteiger partial charge < -0.3 is 9.73 Å². The SMILES string of the molecule is CC(Sc1nc2cc(S(=O)(=O)N3CCCCC3)ccc2o1)C(=O)NC1CCCC1. The maximum atomic E-state index is 12.9. The first kappa shape index (κ1) is 20.7. The van der Waals surface area contributed by atoms with Crippen molar-refractivity contribution in [1.29, 1.82) is 0 Å². The minimum absolute atomic E-state index is 0.0162. The van der Waals surface area contributed by atoms with Gasteiger partial charge in [0.15, 0.2) is 5.58 Å². The minimum atomic E-state index is -3.51. The molecular formula is C20H27N3O4S2. The van der Waals surface area contributed by atoms with Crippen LogP contribution in [0.15, 0.2) is 32.7 Å². The zero-order chi connectivity index (χ0) is 20.4. The van der Waals surface area contributed by atoms with Gasteiger partial charge in [0.25, 0.3) is 5.22 Å². The summed E-state index contributed by atoms with van der Waals surface area (Å²) in [6, 6.07) is 5.06. The summed E-state index contributed by atoms with van der Waals surface area (Å²) in [5.74, 6) is -0.0162. The van der Waals surface area contributed by atoms with Gasteiger partial charge in [-0.05, 0) is 50.8 Å². The zero-order valence-corrected chi connectivity index (χ0v) is 18.2. The summed E-state index contributed by atoms with van der Waals surface area (Å²) < 4.78 is 33.0. The monoisotopic (exact) mass is 437 g/mol. The molecule has 1 aromatic carbocycles. The Hall–Kier alpha value is -1.58. The van der Waals surface area contributed by atoms with Gasteiger partial charge in [0.1, 0.15) is 5.52 Å². The Morgan fingerprint density at radius 2 is 1.93 bits per heavy atom. The van der Waals surface area contributed by atoms with Crippen LogP contribution in [-0.4, -0.2) is 48.0 Å². The third-order valence-electron chi connectivity index (χ3n) is 5.64. The highest BCUT2D eigenvalue weighted by atomic mass is 32.2. The van der Waals surface area contributed by atoms with Crippen molar-refractivity contribution in [3.63, 3.8) is 0 Å². The molecule has 9 heteroatoms. The van der Waals surface area contributed by atoms with Gasteiger partial charge in [-0.2, -0.15) is 4.31 Å². The lowest BCUT2D eigenvalue weighted by Gasteiger charge is -2.25. The van der Waals surface area contributed by atoms with Gasteiger partial charge in [-0.1, -0.05) is 31.0 Å². The van der Waals surface area contributed by atoms with Crippen molar-refractivity contribution in [1.82, 2.24) is 14.6 Å². The first-order valence-electron chi connectivity index (χ1n) is 10.3. The lowest BCUT2D eigenvalue weighted by Crippen LogP contribution is -2.37. The molecule has 1 aliphatic carbocycles. The van der Waals surface area contributed by atoms with E-state index in [1.165, 1.54) is 24.6 Å². The molecule has 2 aliphatic rings. The van der Waals surface area contributed by atoms with Crippen LogP contribution in [0.25, 0.3) is 11.1 Å². The number of benzene rings is 1. The van der Waals surface area contributed by atoms with Crippen molar-refractivity contribution in [2.45, 2.75) is 73.3 Å². The van der Waals surface area contributed by atoms with Gasteiger partial charge in [0.2, 0.25) is 15.9 Å². The van der Waals surface area contributed by atoms with Crippen LogP contribution in [-0.2, 0) is 14.8 Å². The number of rotatable bonds is 6. The van der Waals surface area contributed by atoms with Crippen LogP contribution >= 0.6 is 11.8 Å². The van der Waals surface area contributed by atoms with Gasteiger partial charge in [-0.25, -0.2) is 13.4 Å². The average Bonchev–Trinajstić information content (AvgIpc) is 3.37. The summed E-state index contributed by atoms with van der Waals surface area (Å²) in [5, 5.41) is 3.13. The van der Waals surface area contributed by atoms with Crippen LogP contribution in [0, 0.1) is 0 Å². The number of aromatic nitrogens is 1. The number of carbonyl (C=O) groups is 1. The van der Waals surface area contributed by atoms with Gasteiger partial charge in [-0.3, -0.25) is 4.79 Å². The molecule has 2 fully saturated rings. The summed E-state index contributed by atoms with van der Waals surface area (Å²) >= 11 is 1.25. The number of thioether (sulfide) groups is 1. The zero-order valence-electron chi connectivity index (χ0n) is 16.6. The quantitative estimate of drug-likeness (QED) is 0.695. The molecule has 1 unspecified atom stereocenters. The van der Waals surface area contributed by atoms with E-state index in [-0.39, 0.29) is 22.1 Å². The lowest BCUT2D eigenvalue weighted by molar-refractivity contribution is -0.120. The maximum Gasteiger partial charge on any atom is 0.257 e. The van der Waals surface area contributed by atoms with E-state index in [2.05, 4.69) is 10.3 Å². The van der Waals surface area contributed by atoms with E-state index in [1.54, 1.807) is 22.5 Å². The Morgan fingerprint density at radius 1 is 1.21 bits per heavy atom. The number of nitrogens with zero attached hydrogens (tertiary/aromatic N) is 2. The smallest absolute Gasteiger partial charge is 0.257 e. The van der Waals surface area contributed by atoms with E-state index >= 15 is 0 Å². The fraction of sp³-hybridized carbons (Fsp3) is 0.600. The minimum Gasteiger partial charge on any atom is -0.431 e. The van der Waals surface area contributed by atoms with Crippen molar-refractivity contribution in [2.75, 3.05) is 13.1 Å². The predicted octanol–water partition coefficient (Wildman–Crippen LogP) is 3.54. The van der Waals surface area contributed by atoms with E-state index in [0.29, 0.717) is 29.4 Å². The second-order valence-electron chi connectivity index (χ2n) is 7.82. The third-order valence-corrected chi connectivity index (χ3v) is 8.48. The molecule has 0 radical (unpaired) electrons. The highest BCUT2D eigenvalue weighted by molar-refractivity contribution is 8.00. The van der Waals surface area contributed by atoms with Crippen LogP contribution in [0.2, 0.25) is 0 Å². The van der Waals surface area contributed by atoms with Crippen molar-refractivity contribution < 1.29 is 17.6 Å². The van der Waals surface area contributed by atoms with Crippen LogP contribution < -0.4 is 5.32 Å². The lowest BCUT2D eigenvalue weighted by atomic mass is 10.2. The standard InChI is InChI=1S/C20H27N3O4S2/c1-14(19(24)21-15-7-3-4-8-15)28-20-22-17-13-16(9-10-18(17)27-20)29(25,26)23-11-5-2-6-12-23/h9-10,13-15H,2-8,11-12H2,1H3,(H,21,24). The van der Waals surface area contributed by atoms with Crippen molar-refractivity contribution in [3.8, 4) is 0 Å². The summed E-state index contributed by atoms with van der Waals surface area (Å²) in [5.41, 5.74) is 1.02. The Kier molecular flexibility index (Phi) is 6.17. The molecule has 0 spiro atoms. The number of hydrogen-bond donors (Lipinski definition) is 1. The summed E-state index contributed by atoms with van der Waals surface area (Å²) in [6.07, 6.45) is 7.28. The van der Waals surface area contributed by atoms with E-state index < -0.39 is 10.0 Å². The second kappa shape index (κ2) is 8.65. The van der Waals surface area contributed by atoms with Crippen molar-refractivity contribution >= 4 is 38.8 Å². The normalized spacial score (nSPS) is 20.2. The van der Waals surface area contributed by atoms with E-state index in [9.17, 15) is 13.2 Å². The van der Waals surface area contributed by atoms with Gasteiger partial charge in [0, 0.05) is 19.1 Å². The molecule has 1 aliphatic heterocycles. The molecule has 2 heterocycles. The fourth-order valence-corrected chi connectivity index (χ4v) is 6.25. The first-order valence-corrected chi connectivity index (χ1v) is 12.6. The van der Waals surface area contributed by atoms with Crippen LogP contribution in [0.1, 0.15) is 51.9 Å². The number of fused-ring (bicyclic) bond motifs is 1. The first-order chi connectivity index (χ1) is 13.9. The summed E-state index contributed by atoms with van der Waals surface area (Å²) in [7, 11) is -3.51. The van der Waals surface area contributed by atoms with Crippen LogP contribution in [0.5, 0.6) is 0 Å². The van der Waals surface area contributed by atoms with Crippen LogP contribution in [0.4, 0.5) is 0 Å². The summed E-state index contributed by atoms with van der Waals surface area (Å²) in [6.45, 7) is 2.96. The van der Waals surface area contributed by atoms with E-state index in [4.69, 9.17) is 4.42 Å². The van der Waals surface area contributed by atoms with Crippen molar-refractivity contribution in [2.24, 2.45) is 0 Å². The van der Waals surface area contributed by atoms with Gasteiger partial charge in [0.05, 0.1) is 10.1 Å². The fourth-order valence-electron chi connectivity index (χ4n) is 3.94. The summed E-state index contributed by atoms with van der Waals surface area (Å²) in [4.78, 5) is 17.1. The number of oxazole rings is 1. The molecular weight excluding hydrogens is 410 g/mol. The molecule has 1 amide bonds. The van der Waals surface area contributed by atoms with E-state index in [1.807, 2.05) is 6.92 Å². The molecule has 2 aromatic rings. The molecule has 1 saturated heterocycles. The Balaban J connectivity index is 1.47. The Bertz CT molecular complexity index is 977. The maximum absolute atomic E-state index is 12.9. The number of hydrogen-bond acceptors (Lipinski definition) is 6. The van der Waals surface area contributed by atoms with Crippen LogP contribution in [0.3, 0.4) is 0 Å². The van der Waals surface area contributed by atoms with Gasteiger partial charge in [-0.15, -0.1) is 0 Å². The average molecular weight is 438 g/mol. The number of carbonyl (C=O) groups excluding carboxylic acids is 1. The third kappa shape index (κ3) is 4.62. The predicted molar refractivity (Wildman–Crippen MR) is 112 cm³/mol. The topological polar surface area (TPSA) is 92.5 Å². The molecule has 1 saturated carbocycles. The number of nitrogens with one attached hydrogen (secondary N) is 1. The number of piperidine rings is 1. The molecule has 7 nitrogen and oxygen atoms in total. The van der Waals surface area contributed by atoms with Gasteiger partial charge >= 0.3 is 0 Å². The van der Waals surface area contributed by atoms with E-state index in [0.717, 1.165) is 32.1 Å².